The molecule has 11 nitrogen and oxygen atoms in total. The molecule has 1 aliphatic heterocycles. The second-order valence-corrected chi connectivity index (χ2v) is 7.13. The molecule has 1 aliphatic rings. The third kappa shape index (κ3) is 4.32. The summed E-state index contributed by atoms with van der Waals surface area (Å²) in [5.74, 6) is -5.61. The molecular formula is C20H17F3N4O7. The highest BCUT2D eigenvalue weighted by Gasteiger charge is 2.39. The molecule has 14 heteroatoms. The first-order chi connectivity index (χ1) is 16.2. The molecule has 2 bridgehead atoms. The first kappa shape index (κ1) is 23.3. The first-order valence-electron chi connectivity index (χ1n) is 9.85. The molecule has 4 rings (SSSR count). The van der Waals surface area contributed by atoms with Crippen molar-refractivity contribution < 1.29 is 47.2 Å². The van der Waals surface area contributed by atoms with E-state index in [0.29, 0.717) is 12.0 Å². The predicted molar refractivity (Wildman–Crippen MR) is 105 cm³/mol. The highest BCUT2D eigenvalue weighted by atomic mass is 19.3. The van der Waals surface area contributed by atoms with Crippen LogP contribution >= 0.6 is 0 Å². The standard InChI is InChI=1S/C20H17F3N4O7/c1-2-11-9(6-24-25-11)7-27-17-13(8-3-4-10(21)12(5-8)32-20(22)23)16(26-27)33-18(30)14(28)15(29)19(31)34-17/h3-6,14-15,20,28-29H,2,7H2,1H3,(H,24,25). The smallest absolute Gasteiger partial charge is 0.387 e. The summed E-state index contributed by atoms with van der Waals surface area (Å²) in [6.45, 7) is -1.52. The number of benzene rings is 1. The molecule has 3 heterocycles. The minimum Gasteiger partial charge on any atom is -0.432 e. The van der Waals surface area contributed by atoms with Gasteiger partial charge in [-0.1, -0.05) is 13.0 Å². The van der Waals surface area contributed by atoms with E-state index in [4.69, 9.17) is 9.47 Å². The summed E-state index contributed by atoms with van der Waals surface area (Å²) >= 11 is 0. The van der Waals surface area contributed by atoms with Crippen molar-refractivity contribution in [3.8, 4) is 28.6 Å². The van der Waals surface area contributed by atoms with E-state index in [0.717, 1.165) is 28.6 Å². The van der Waals surface area contributed by atoms with E-state index in [1.54, 1.807) is 0 Å². The number of carbonyl (C=O) groups excluding carboxylic acids is 2. The monoisotopic (exact) mass is 482 g/mol. The number of esters is 2. The molecule has 0 saturated carbocycles. The van der Waals surface area contributed by atoms with Gasteiger partial charge in [0.05, 0.1) is 12.7 Å². The van der Waals surface area contributed by atoms with E-state index >= 15 is 0 Å². The Kier molecular flexibility index (Phi) is 6.26. The van der Waals surface area contributed by atoms with Gasteiger partial charge in [0.25, 0.3) is 5.88 Å². The zero-order valence-corrected chi connectivity index (χ0v) is 17.4. The summed E-state index contributed by atoms with van der Waals surface area (Å²) in [5.41, 5.74) is 1.08. The molecule has 0 fully saturated rings. The van der Waals surface area contributed by atoms with Gasteiger partial charge in [0.1, 0.15) is 5.56 Å². The lowest BCUT2D eigenvalue weighted by atomic mass is 10.1. The van der Waals surface area contributed by atoms with Gasteiger partial charge >= 0.3 is 18.6 Å². The summed E-state index contributed by atoms with van der Waals surface area (Å²) in [6, 6.07) is 2.82. The van der Waals surface area contributed by atoms with E-state index < -0.39 is 48.2 Å². The summed E-state index contributed by atoms with van der Waals surface area (Å²) in [7, 11) is 0. The second-order valence-electron chi connectivity index (χ2n) is 7.13. The van der Waals surface area contributed by atoms with Crippen LogP contribution in [-0.4, -0.2) is 60.9 Å². The van der Waals surface area contributed by atoms with E-state index in [2.05, 4.69) is 20.0 Å². The molecule has 0 saturated heterocycles. The Balaban J connectivity index is 1.90. The number of rotatable bonds is 6. The fraction of sp³-hybridized carbons (Fsp3) is 0.300. The van der Waals surface area contributed by atoms with Crippen LogP contribution in [0, 0.1) is 5.82 Å². The van der Waals surface area contributed by atoms with E-state index in [1.807, 2.05) is 6.92 Å². The average Bonchev–Trinajstić information content (AvgIpc) is 3.38. The van der Waals surface area contributed by atoms with Gasteiger partial charge in [-0.2, -0.15) is 13.9 Å². The molecule has 2 atom stereocenters. The highest BCUT2D eigenvalue weighted by Crippen LogP contribution is 2.42. The molecule has 0 aliphatic carbocycles. The van der Waals surface area contributed by atoms with Gasteiger partial charge < -0.3 is 24.4 Å². The maximum atomic E-state index is 14.0. The van der Waals surface area contributed by atoms with Crippen molar-refractivity contribution in [2.75, 3.05) is 0 Å². The molecule has 2 unspecified atom stereocenters. The molecule has 0 radical (unpaired) electrons. The van der Waals surface area contributed by atoms with Gasteiger partial charge in [-0.15, -0.1) is 5.10 Å². The van der Waals surface area contributed by atoms with Crippen molar-refractivity contribution in [1.82, 2.24) is 20.0 Å². The second kappa shape index (κ2) is 9.15. The Morgan fingerprint density at radius 1 is 1.21 bits per heavy atom. The Morgan fingerprint density at radius 3 is 2.59 bits per heavy atom. The fourth-order valence-corrected chi connectivity index (χ4v) is 3.31. The number of halogens is 3. The number of aryl methyl sites for hydroxylation is 1. The van der Waals surface area contributed by atoms with Gasteiger partial charge in [-0.25, -0.2) is 18.7 Å². The fourth-order valence-electron chi connectivity index (χ4n) is 3.31. The number of aliphatic hydroxyl groups excluding tert-OH is 2. The van der Waals surface area contributed by atoms with Crippen LogP contribution in [0.1, 0.15) is 18.2 Å². The Hall–Kier alpha value is -3.91. The SMILES string of the molecule is CCc1[nH]ncc1Cn1nc2c(-c3ccc(F)c(OC(F)F)c3)c1OC(=O)C(O)C(O)C(=O)O2. The summed E-state index contributed by atoms with van der Waals surface area (Å²) in [5, 5.41) is 30.7. The number of carbonyl (C=O) groups is 2. The number of aliphatic hydroxyl groups is 2. The number of nitrogens with one attached hydrogen (secondary N) is 1. The normalized spacial score (nSPS) is 18.2. The van der Waals surface area contributed by atoms with Crippen molar-refractivity contribution in [2.45, 2.75) is 38.7 Å². The van der Waals surface area contributed by atoms with E-state index in [1.165, 1.54) is 6.20 Å². The van der Waals surface area contributed by atoms with Crippen molar-refractivity contribution in [3.05, 3.63) is 41.5 Å². The van der Waals surface area contributed by atoms with Gasteiger partial charge in [0, 0.05) is 11.3 Å². The lowest BCUT2D eigenvalue weighted by molar-refractivity contribution is -0.162. The highest BCUT2D eigenvalue weighted by molar-refractivity contribution is 5.91. The predicted octanol–water partition coefficient (Wildman–Crippen LogP) is 1.17. The molecule has 0 amide bonds. The number of hydrogen-bond acceptors (Lipinski definition) is 9. The summed E-state index contributed by atoms with van der Waals surface area (Å²) in [4.78, 5) is 24.7. The molecule has 1 aromatic carbocycles. The topological polar surface area (TPSA) is 149 Å². The Labute approximate surface area is 188 Å². The number of alkyl halides is 2. The van der Waals surface area contributed by atoms with Gasteiger partial charge in [-0.3, -0.25) is 5.10 Å². The lowest BCUT2D eigenvalue weighted by Gasteiger charge is -2.15. The number of aromatic amines is 1. The van der Waals surface area contributed by atoms with Crippen LogP contribution in [0.25, 0.3) is 11.1 Å². The van der Waals surface area contributed by atoms with Gasteiger partial charge in [0.15, 0.2) is 23.8 Å². The maximum absolute atomic E-state index is 14.0. The number of fused-ring (bicyclic) bond motifs is 2. The number of hydrogen-bond donors (Lipinski definition) is 3. The summed E-state index contributed by atoms with van der Waals surface area (Å²) < 4.78 is 55.0. The minimum atomic E-state index is -3.33. The molecule has 3 aromatic rings. The zero-order chi connectivity index (χ0) is 24.6. The van der Waals surface area contributed by atoms with E-state index in [-0.39, 0.29) is 23.6 Å². The van der Waals surface area contributed by atoms with Crippen LogP contribution in [0.2, 0.25) is 0 Å². The largest absolute Gasteiger partial charge is 0.432 e. The molecule has 3 N–H and O–H groups in total. The number of ether oxygens (including phenoxy) is 3. The van der Waals surface area contributed by atoms with Crippen molar-refractivity contribution in [2.24, 2.45) is 0 Å². The minimum absolute atomic E-state index is 0.0485. The Bertz CT molecular complexity index is 1240. The van der Waals surface area contributed by atoms with E-state index in [9.17, 15) is 33.0 Å². The number of nitrogens with zero attached hydrogens (tertiary/aromatic N) is 3. The van der Waals surface area contributed by atoms with Gasteiger partial charge in [-0.05, 0) is 24.1 Å². The molecule has 0 spiro atoms. The van der Waals surface area contributed by atoms with Gasteiger partial charge in [0.2, 0.25) is 5.88 Å². The molecule has 34 heavy (non-hydrogen) atoms. The van der Waals surface area contributed by atoms with Crippen LogP contribution in [-0.2, 0) is 22.6 Å². The third-order valence-corrected chi connectivity index (χ3v) is 4.97. The Morgan fingerprint density at radius 2 is 1.91 bits per heavy atom. The zero-order valence-electron chi connectivity index (χ0n) is 17.4. The van der Waals surface area contributed by atoms with Crippen LogP contribution in [0.15, 0.2) is 24.4 Å². The average molecular weight is 482 g/mol. The van der Waals surface area contributed by atoms with Crippen molar-refractivity contribution in [3.63, 3.8) is 0 Å². The lowest BCUT2D eigenvalue weighted by Crippen LogP contribution is -2.43. The van der Waals surface area contributed by atoms with Crippen LogP contribution in [0.5, 0.6) is 17.5 Å². The summed E-state index contributed by atoms with van der Waals surface area (Å²) in [6.07, 6.45) is -2.50. The van der Waals surface area contributed by atoms with Crippen LogP contribution in [0.4, 0.5) is 13.2 Å². The molecular weight excluding hydrogens is 465 g/mol. The third-order valence-electron chi connectivity index (χ3n) is 4.97. The van der Waals surface area contributed by atoms with Crippen LogP contribution < -0.4 is 14.2 Å². The maximum Gasteiger partial charge on any atom is 0.387 e. The van der Waals surface area contributed by atoms with Crippen LogP contribution in [0.3, 0.4) is 0 Å². The molecule has 180 valence electrons. The quantitative estimate of drug-likeness (QED) is 0.440. The number of aromatic nitrogens is 4. The van der Waals surface area contributed by atoms with Crippen molar-refractivity contribution >= 4 is 11.9 Å². The first-order valence-corrected chi connectivity index (χ1v) is 9.85. The molecule has 2 aromatic heterocycles. The number of H-pyrrole nitrogens is 1. The van der Waals surface area contributed by atoms with Crippen molar-refractivity contribution in [1.29, 1.82) is 0 Å².